The molecule has 2 rings (SSSR count). The van der Waals surface area contributed by atoms with E-state index in [4.69, 9.17) is 9.47 Å². The monoisotopic (exact) mass is 271 g/mol. The van der Waals surface area contributed by atoms with Crippen LogP contribution in [0.4, 0.5) is 4.79 Å². The van der Waals surface area contributed by atoms with Crippen molar-refractivity contribution in [2.24, 2.45) is 0 Å². The molecule has 0 radical (unpaired) electrons. The fraction of sp³-hybridized carbons (Fsp3) is 0.188. The number of methoxy groups -OCH3 is 1. The molecule has 4 heteroatoms. The van der Waals surface area contributed by atoms with Crippen molar-refractivity contribution in [2.75, 3.05) is 7.11 Å². The van der Waals surface area contributed by atoms with Crippen LogP contribution in [0.5, 0.6) is 5.75 Å². The summed E-state index contributed by atoms with van der Waals surface area (Å²) in [6, 6.07) is 17.1. The molecule has 0 aliphatic rings. The molecule has 0 heterocycles. The van der Waals surface area contributed by atoms with E-state index in [2.05, 4.69) is 5.32 Å². The molecule has 0 atom stereocenters. The Hall–Kier alpha value is -2.49. The van der Waals surface area contributed by atoms with E-state index in [1.165, 1.54) is 0 Å². The minimum absolute atomic E-state index is 0.273. The van der Waals surface area contributed by atoms with Crippen LogP contribution in [0.1, 0.15) is 11.1 Å². The summed E-state index contributed by atoms with van der Waals surface area (Å²) >= 11 is 0. The quantitative estimate of drug-likeness (QED) is 0.909. The summed E-state index contributed by atoms with van der Waals surface area (Å²) in [5, 5.41) is 2.70. The van der Waals surface area contributed by atoms with Crippen LogP contribution in [0.15, 0.2) is 54.6 Å². The molecule has 1 N–H and O–H groups in total. The summed E-state index contributed by atoms with van der Waals surface area (Å²) in [6.07, 6.45) is -0.426. The van der Waals surface area contributed by atoms with Gasteiger partial charge in [-0.25, -0.2) is 4.79 Å². The Morgan fingerprint density at radius 3 is 2.35 bits per heavy atom. The number of rotatable bonds is 5. The minimum atomic E-state index is -0.426. The van der Waals surface area contributed by atoms with E-state index in [-0.39, 0.29) is 6.61 Å². The molecular weight excluding hydrogens is 254 g/mol. The lowest BCUT2D eigenvalue weighted by atomic mass is 10.2. The number of ether oxygens (including phenoxy) is 2. The van der Waals surface area contributed by atoms with E-state index in [0.717, 1.165) is 16.9 Å². The van der Waals surface area contributed by atoms with Crippen molar-refractivity contribution < 1.29 is 14.3 Å². The number of nitrogens with one attached hydrogen (secondary N) is 1. The molecule has 0 saturated heterocycles. The largest absolute Gasteiger partial charge is 0.497 e. The molecule has 0 fully saturated rings. The van der Waals surface area contributed by atoms with Gasteiger partial charge in [0.1, 0.15) is 12.4 Å². The van der Waals surface area contributed by atoms with E-state index >= 15 is 0 Å². The predicted molar refractivity (Wildman–Crippen MR) is 76.5 cm³/mol. The number of hydrogen-bond donors (Lipinski definition) is 1. The molecular formula is C16H17NO3. The normalized spacial score (nSPS) is 9.85. The second-order valence-electron chi connectivity index (χ2n) is 4.26. The lowest BCUT2D eigenvalue weighted by Crippen LogP contribution is -2.23. The average Bonchev–Trinajstić information content (AvgIpc) is 2.52. The van der Waals surface area contributed by atoms with Crippen molar-refractivity contribution in [3.8, 4) is 5.75 Å². The molecule has 2 aromatic carbocycles. The topological polar surface area (TPSA) is 47.6 Å². The highest BCUT2D eigenvalue weighted by Gasteiger charge is 2.02. The van der Waals surface area contributed by atoms with Crippen LogP contribution < -0.4 is 10.1 Å². The molecule has 0 unspecified atom stereocenters. The number of benzene rings is 2. The summed E-state index contributed by atoms with van der Waals surface area (Å²) in [7, 11) is 1.62. The SMILES string of the molecule is COc1ccc(CNC(=O)OCc2ccccc2)cc1. The Bertz CT molecular complexity index is 537. The lowest BCUT2D eigenvalue weighted by molar-refractivity contribution is 0.139. The Balaban J connectivity index is 1.74. The Kier molecular flexibility index (Phi) is 5.00. The number of carbonyl (C=O) groups excluding carboxylic acids is 1. The van der Waals surface area contributed by atoms with Crippen LogP contribution in [0.2, 0.25) is 0 Å². The van der Waals surface area contributed by atoms with Gasteiger partial charge in [-0.2, -0.15) is 0 Å². The van der Waals surface area contributed by atoms with Crippen molar-refractivity contribution in [3.63, 3.8) is 0 Å². The fourth-order valence-corrected chi connectivity index (χ4v) is 1.69. The maximum Gasteiger partial charge on any atom is 0.407 e. The summed E-state index contributed by atoms with van der Waals surface area (Å²) in [5.74, 6) is 0.792. The van der Waals surface area contributed by atoms with Gasteiger partial charge in [-0.05, 0) is 23.3 Å². The van der Waals surface area contributed by atoms with E-state index < -0.39 is 6.09 Å². The summed E-state index contributed by atoms with van der Waals surface area (Å²) in [4.78, 5) is 11.6. The van der Waals surface area contributed by atoms with Crippen LogP contribution in [0, 0.1) is 0 Å². The van der Waals surface area contributed by atoms with Gasteiger partial charge in [0.2, 0.25) is 0 Å². The summed E-state index contributed by atoms with van der Waals surface area (Å²) in [5.41, 5.74) is 1.95. The molecule has 4 nitrogen and oxygen atoms in total. The number of hydrogen-bond acceptors (Lipinski definition) is 3. The van der Waals surface area contributed by atoms with E-state index in [9.17, 15) is 4.79 Å². The Morgan fingerprint density at radius 2 is 1.70 bits per heavy atom. The summed E-state index contributed by atoms with van der Waals surface area (Å²) < 4.78 is 10.2. The van der Waals surface area contributed by atoms with Gasteiger partial charge < -0.3 is 14.8 Å². The van der Waals surface area contributed by atoms with E-state index in [1.54, 1.807) is 7.11 Å². The molecule has 0 bridgehead atoms. The first kappa shape index (κ1) is 13.9. The third-order valence-electron chi connectivity index (χ3n) is 2.81. The van der Waals surface area contributed by atoms with Gasteiger partial charge in [0.05, 0.1) is 7.11 Å². The van der Waals surface area contributed by atoms with Gasteiger partial charge >= 0.3 is 6.09 Å². The zero-order valence-electron chi connectivity index (χ0n) is 11.3. The zero-order chi connectivity index (χ0) is 14.2. The maximum absolute atomic E-state index is 11.6. The van der Waals surface area contributed by atoms with Crippen molar-refractivity contribution in [1.29, 1.82) is 0 Å². The molecule has 2 aromatic rings. The van der Waals surface area contributed by atoms with Crippen LogP contribution in [0.25, 0.3) is 0 Å². The molecule has 0 aromatic heterocycles. The number of amides is 1. The average molecular weight is 271 g/mol. The third-order valence-corrected chi connectivity index (χ3v) is 2.81. The van der Waals surface area contributed by atoms with Crippen molar-refractivity contribution in [1.82, 2.24) is 5.32 Å². The molecule has 20 heavy (non-hydrogen) atoms. The molecule has 0 saturated carbocycles. The Labute approximate surface area is 118 Å². The molecule has 0 aliphatic heterocycles. The number of carbonyl (C=O) groups is 1. The van der Waals surface area contributed by atoms with Crippen molar-refractivity contribution >= 4 is 6.09 Å². The van der Waals surface area contributed by atoms with Gasteiger partial charge in [-0.1, -0.05) is 42.5 Å². The molecule has 0 aliphatic carbocycles. The van der Waals surface area contributed by atoms with Gasteiger partial charge in [-0.15, -0.1) is 0 Å². The van der Waals surface area contributed by atoms with Gasteiger partial charge in [0.25, 0.3) is 0 Å². The smallest absolute Gasteiger partial charge is 0.407 e. The van der Waals surface area contributed by atoms with E-state index in [1.807, 2.05) is 54.6 Å². The Morgan fingerprint density at radius 1 is 1.00 bits per heavy atom. The first-order valence-electron chi connectivity index (χ1n) is 6.35. The predicted octanol–water partition coefficient (Wildman–Crippen LogP) is 3.12. The second kappa shape index (κ2) is 7.19. The zero-order valence-corrected chi connectivity index (χ0v) is 11.3. The van der Waals surface area contributed by atoms with Gasteiger partial charge in [0.15, 0.2) is 0 Å². The van der Waals surface area contributed by atoms with Crippen LogP contribution in [0.3, 0.4) is 0 Å². The first-order valence-corrected chi connectivity index (χ1v) is 6.35. The molecule has 104 valence electrons. The van der Waals surface area contributed by atoms with Crippen LogP contribution in [-0.2, 0) is 17.9 Å². The first-order chi connectivity index (χ1) is 9.78. The van der Waals surface area contributed by atoms with Crippen molar-refractivity contribution in [3.05, 3.63) is 65.7 Å². The minimum Gasteiger partial charge on any atom is -0.497 e. The lowest BCUT2D eigenvalue weighted by Gasteiger charge is -2.07. The fourth-order valence-electron chi connectivity index (χ4n) is 1.69. The highest BCUT2D eigenvalue weighted by molar-refractivity contribution is 5.67. The van der Waals surface area contributed by atoms with Crippen LogP contribution in [-0.4, -0.2) is 13.2 Å². The highest BCUT2D eigenvalue weighted by Crippen LogP contribution is 2.11. The third kappa shape index (κ3) is 4.31. The standard InChI is InChI=1S/C16H17NO3/c1-19-15-9-7-13(8-10-15)11-17-16(18)20-12-14-5-3-2-4-6-14/h2-10H,11-12H2,1H3,(H,17,18). The van der Waals surface area contributed by atoms with Gasteiger partial charge in [0, 0.05) is 6.54 Å². The molecule has 1 amide bonds. The van der Waals surface area contributed by atoms with Crippen LogP contribution >= 0.6 is 0 Å². The highest BCUT2D eigenvalue weighted by atomic mass is 16.5. The van der Waals surface area contributed by atoms with Gasteiger partial charge in [-0.3, -0.25) is 0 Å². The maximum atomic E-state index is 11.6. The second-order valence-corrected chi connectivity index (χ2v) is 4.26. The van der Waals surface area contributed by atoms with E-state index in [0.29, 0.717) is 6.54 Å². The number of alkyl carbamates (subject to hydrolysis) is 1. The van der Waals surface area contributed by atoms with Crippen molar-refractivity contribution in [2.45, 2.75) is 13.2 Å². The summed E-state index contributed by atoms with van der Waals surface area (Å²) in [6.45, 7) is 0.701. The molecule has 0 spiro atoms.